The molecule has 5 heteroatoms. The van der Waals surface area contributed by atoms with Crippen LogP contribution in [0.1, 0.15) is 26.2 Å². The summed E-state index contributed by atoms with van der Waals surface area (Å²) in [5, 5.41) is 15.8. The summed E-state index contributed by atoms with van der Waals surface area (Å²) >= 11 is 0. The van der Waals surface area contributed by atoms with Crippen LogP contribution >= 0.6 is 0 Å². The standard InChI is InChI=1S/C6H10O3.C2H7NO/c1-2-3-5(7)4-6(8)9;3-1-2-4/h2-4H2,1H3,(H,8,9);4H,1-3H2. The van der Waals surface area contributed by atoms with Gasteiger partial charge in [0, 0.05) is 13.0 Å². The lowest BCUT2D eigenvalue weighted by atomic mass is 10.2. The number of carbonyl (C=O) groups excluding carboxylic acids is 1. The zero-order valence-electron chi connectivity index (χ0n) is 7.82. The van der Waals surface area contributed by atoms with Gasteiger partial charge in [0.1, 0.15) is 12.2 Å². The number of carboxylic acids is 1. The molecule has 0 aliphatic carbocycles. The van der Waals surface area contributed by atoms with Gasteiger partial charge in [0.2, 0.25) is 0 Å². The summed E-state index contributed by atoms with van der Waals surface area (Å²) < 4.78 is 0. The van der Waals surface area contributed by atoms with Crippen molar-refractivity contribution in [1.82, 2.24) is 0 Å². The largest absolute Gasteiger partial charge is 0.481 e. The van der Waals surface area contributed by atoms with E-state index in [1.54, 1.807) is 0 Å². The van der Waals surface area contributed by atoms with E-state index >= 15 is 0 Å². The first kappa shape index (κ1) is 14.6. The molecule has 0 rings (SSSR count). The monoisotopic (exact) mass is 191 g/mol. The fourth-order valence-corrected chi connectivity index (χ4v) is 0.536. The van der Waals surface area contributed by atoms with Crippen molar-refractivity contribution in [2.75, 3.05) is 13.2 Å². The summed E-state index contributed by atoms with van der Waals surface area (Å²) in [5.74, 6) is -1.22. The van der Waals surface area contributed by atoms with E-state index in [4.69, 9.17) is 15.9 Å². The highest BCUT2D eigenvalue weighted by atomic mass is 16.4. The Labute approximate surface area is 77.6 Å². The molecule has 0 aromatic rings. The lowest BCUT2D eigenvalue weighted by Gasteiger charge is -1.90. The minimum Gasteiger partial charge on any atom is -0.481 e. The summed E-state index contributed by atoms with van der Waals surface area (Å²) in [7, 11) is 0. The second-order valence-corrected chi connectivity index (χ2v) is 2.37. The first-order chi connectivity index (χ1) is 6.08. The van der Waals surface area contributed by atoms with Crippen LogP contribution in [0.25, 0.3) is 0 Å². The number of aliphatic carboxylic acids is 1. The Morgan fingerprint density at radius 1 is 1.38 bits per heavy atom. The number of ketones is 1. The zero-order chi connectivity index (χ0) is 10.7. The third-order valence-corrected chi connectivity index (χ3v) is 1.01. The number of carboxylic acid groups (broad SMARTS) is 1. The third-order valence-electron chi connectivity index (χ3n) is 1.01. The van der Waals surface area contributed by atoms with Gasteiger partial charge in [-0.05, 0) is 6.42 Å². The van der Waals surface area contributed by atoms with Gasteiger partial charge in [-0.3, -0.25) is 9.59 Å². The van der Waals surface area contributed by atoms with E-state index in [9.17, 15) is 9.59 Å². The molecule has 78 valence electrons. The molecule has 0 aliphatic heterocycles. The summed E-state index contributed by atoms with van der Waals surface area (Å²) in [6.07, 6.45) is 0.784. The number of rotatable bonds is 5. The molecule has 0 saturated heterocycles. The normalized spacial score (nSPS) is 8.54. The Kier molecular flexibility index (Phi) is 12.4. The van der Waals surface area contributed by atoms with Crippen LogP contribution in [0, 0.1) is 0 Å². The van der Waals surface area contributed by atoms with Gasteiger partial charge >= 0.3 is 5.97 Å². The van der Waals surface area contributed by atoms with Crippen molar-refractivity contribution in [2.45, 2.75) is 26.2 Å². The van der Waals surface area contributed by atoms with Crippen LogP contribution in [0.3, 0.4) is 0 Å². The van der Waals surface area contributed by atoms with Gasteiger partial charge in [-0.2, -0.15) is 0 Å². The van der Waals surface area contributed by atoms with Crippen molar-refractivity contribution in [3.8, 4) is 0 Å². The maximum absolute atomic E-state index is 10.5. The lowest BCUT2D eigenvalue weighted by Crippen LogP contribution is -2.05. The molecule has 0 atom stereocenters. The van der Waals surface area contributed by atoms with Crippen molar-refractivity contribution in [3.63, 3.8) is 0 Å². The van der Waals surface area contributed by atoms with E-state index in [1.165, 1.54) is 0 Å². The van der Waals surface area contributed by atoms with Gasteiger partial charge in [-0.15, -0.1) is 0 Å². The first-order valence-electron chi connectivity index (χ1n) is 4.12. The van der Waals surface area contributed by atoms with Crippen molar-refractivity contribution in [2.24, 2.45) is 5.73 Å². The molecule has 0 saturated carbocycles. The van der Waals surface area contributed by atoms with Crippen molar-refractivity contribution in [3.05, 3.63) is 0 Å². The molecular formula is C8H17NO4. The smallest absolute Gasteiger partial charge is 0.310 e. The molecule has 0 spiro atoms. The molecular weight excluding hydrogens is 174 g/mol. The number of aliphatic hydroxyl groups excluding tert-OH is 1. The fraction of sp³-hybridized carbons (Fsp3) is 0.750. The number of aliphatic hydroxyl groups is 1. The van der Waals surface area contributed by atoms with Crippen LogP contribution in [-0.4, -0.2) is 35.1 Å². The van der Waals surface area contributed by atoms with E-state index < -0.39 is 5.97 Å². The van der Waals surface area contributed by atoms with E-state index in [1.807, 2.05) is 6.92 Å². The van der Waals surface area contributed by atoms with Crippen LogP contribution < -0.4 is 5.73 Å². The highest BCUT2D eigenvalue weighted by molar-refractivity contribution is 5.94. The van der Waals surface area contributed by atoms with Gasteiger partial charge < -0.3 is 15.9 Å². The molecule has 0 unspecified atom stereocenters. The average Bonchev–Trinajstić information content (AvgIpc) is 2.04. The Hall–Kier alpha value is -0.940. The molecule has 4 N–H and O–H groups in total. The van der Waals surface area contributed by atoms with Crippen molar-refractivity contribution >= 4 is 11.8 Å². The van der Waals surface area contributed by atoms with Crippen LogP contribution in [0.5, 0.6) is 0 Å². The summed E-state index contributed by atoms with van der Waals surface area (Å²) in [5.41, 5.74) is 4.78. The van der Waals surface area contributed by atoms with E-state index in [0.717, 1.165) is 6.42 Å². The summed E-state index contributed by atoms with van der Waals surface area (Å²) in [4.78, 5) is 20.3. The SMILES string of the molecule is CCCC(=O)CC(=O)O.NCCO. The molecule has 0 aliphatic rings. The van der Waals surface area contributed by atoms with Crippen LogP contribution in [0.15, 0.2) is 0 Å². The highest BCUT2D eigenvalue weighted by Crippen LogP contribution is 1.92. The van der Waals surface area contributed by atoms with Gasteiger partial charge in [0.15, 0.2) is 0 Å². The first-order valence-corrected chi connectivity index (χ1v) is 4.12. The predicted octanol–water partition coefficient (Wildman–Crippen LogP) is -0.232. The molecule has 0 heterocycles. The van der Waals surface area contributed by atoms with E-state index in [-0.39, 0.29) is 18.8 Å². The Balaban J connectivity index is 0. The van der Waals surface area contributed by atoms with Crippen molar-refractivity contribution < 1.29 is 19.8 Å². The second kappa shape index (κ2) is 11.1. The highest BCUT2D eigenvalue weighted by Gasteiger charge is 2.04. The molecule has 0 aromatic carbocycles. The van der Waals surface area contributed by atoms with Crippen molar-refractivity contribution in [1.29, 1.82) is 0 Å². The van der Waals surface area contributed by atoms with Gasteiger partial charge in [0.05, 0.1) is 6.61 Å². The number of carbonyl (C=O) groups is 2. The van der Waals surface area contributed by atoms with E-state index in [2.05, 4.69) is 0 Å². The zero-order valence-corrected chi connectivity index (χ0v) is 7.82. The lowest BCUT2D eigenvalue weighted by molar-refractivity contribution is -0.140. The fourth-order valence-electron chi connectivity index (χ4n) is 0.536. The number of Topliss-reactive ketones (excluding diaryl/α,β-unsaturated/α-hetero) is 1. The molecule has 0 bridgehead atoms. The second-order valence-electron chi connectivity index (χ2n) is 2.37. The molecule has 0 aromatic heterocycles. The molecule has 0 amide bonds. The average molecular weight is 191 g/mol. The molecule has 0 fully saturated rings. The van der Waals surface area contributed by atoms with Crippen LogP contribution in [0.4, 0.5) is 0 Å². The van der Waals surface area contributed by atoms with Crippen LogP contribution in [-0.2, 0) is 9.59 Å². The summed E-state index contributed by atoms with van der Waals surface area (Å²) in [6.45, 7) is 2.32. The predicted molar refractivity (Wildman–Crippen MR) is 48.3 cm³/mol. The molecule has 0 radical (unpaired) electrons. The van der Waals surface area contributed by atoms with Gasteiger partial charge in [-0.1, -0.05) is 6.92 Å². The Morgan fingerprint density at radius 2 is 1.85 bits per heavy atom. The number of hydrogen-bond acceptors (Lipinski definition) is 4. The Morgan fingerprint density at radius 3 is 2.08 bits per heavy atom. The van der Waals surface area contributed by atoms with E-state index in [0.29, 0.717) is 13.0 Å². The maximum Gasteiger partial charge on any atom is 0.310 e. The molecule has 13 heavy (non-hydrogen) atoms. The quantitative estimate of drug-likeness (QED) is 0.521. The molecule has 5 nitrogen and oxygen atoms in total. The minimum absolute atomic E-state index is 0.0972. The number of hydrogen-bond donors (Lipinski definition) is 3. The maximum atomic E-state index is 10.5. The summed E-state index contributed by atoms with van der Waals surface area (Å²) in [6, 6.07) is 0. The van der Waals surface area contributed by atoms with Crippen LogP contribution in [0.2, 0.25) is 0 Å². The topological polar surface area (TPSA) is 101 Å². The minimum atomic E-state index is -1.03. The van der Waals surface area contributed by atoms with Gasteiger partial charge in [-0.25, -0.2) is 0 Å². The Bertz CT molecular complexity index is 145. The third kappa shape index (κ3) is 18.2. The van der Waals surface area contributed by atoms with Gasteiger partial charge in [0.25, 0.3) is 0 Å². The number of nitrogens with two attached hydrogens (primary N) is 1.